The molecule has 0 aliphatic heterocycles. The smallest absolute Gasteiger partial charge is 0.274 e. The van der Waals surface area contributed by atoms with Crippen LogP contribution >= 0.6 is 11.6 Å². The molecule has 6 heteroatoms. The molecule has 1 heterocycles. The standard InChI is InChI=1S/C17H18ClN3O2/c1-10(2)19-16(22)14-5-4-6-15(21-14)17(23)20-12-8-7-11(3)13(18)9-12/h4-10H,1-3H3,(H,19,22)(H,20,23). The number of benzene rings is 1. The van der Waals surface area contributed by atoms with Gasteiger partial charge in [-0.05, 0) is 50.6 Å². The second-order valence-electron chi connectivity index (χ2n) is 5.45. The fraction of sp³-hybridized carbons (Fsp3) is 0.235. The summed E-state index contributed by atoms with van der Waals surface area (Å²) in [7, 11) is 0. The Kier molecular flexibility index (Phi) is 5.34. The van der Waals surface area contributed by atoms with Crippen LogP contribution in [0.3, 0.4) is 0 Å². The second kappa shape index (κ2) is 7.24. The maximum Gasteiger partial charge on any atom is 0.274 e. The van der Waals surface area contributed by atoms with Crippen LogP contribution in [-0.2, 0) is 0 Å². The van der Waals surface area contributed by atoms with Crippen molar-refractivity contribution < 1.29 is 9.59 Å². The zero-order chi connectivity index (χ0) is 17.0. The molecule has 0 bridgehead atoms. The molecule has 0 saturated carbocycles. The molecule has 0 saturated heterocycles. The number of pyridine rings is 1. The number of hydrogen-bond acceptors (Lipinski definition) is 3. The van der Waals surface area contributed by atoms with E-state index in [0.29, 0.717) is 10.7 Å². The van der Waals surface area contributed by atoms with Gasteiger partial charge in [0.05, 0.1) is 0 Å². The van der Waals surface area contributed by atoms with Crippen LogP contribution in [0.5, 0.6) is 0 Å². The van der Waals surface area contributed by atoms with E-state index >= 15 is 0 Å². The highest BCUT2D eigenvalue weighted by atomic mass is 35.5. The van der Waals surface area contributed by atoms with Crippen LogP contribution in [0.1, 0.15) is 40.4 Å². The Balaban J connectivity index is 2.16. The van der Waals surface area contributed by atoms with Gasteiger partial charge in [0.2, 0.25) is 0 Å². The van der Waals surface area contributed by atoms with Crippen molar-refractivity contribution >= 4 is 29.1 Å². The van der Waals surface area contributed by atoms with Crippen LogP contribution in [0, 0.1) is 6.92 Å². The number of rotatable bonds is 4. The molecule has 0 unspecified atom stereocenters. The molecule has 5 nitrogen and oxygen atoms in total. The van der Waals surface area contributed by atoms with Crippen molar-refractivity contribution in [2.24, 2.45) is 0 Å². The molecular weight excluding hydrogens is 314 g/mol. The average molecular weight is 332 g/mol. The highest BCUT2D eigenvalue weighted by molar-refractivity contribution is 6.31. The largest absolute Gasteiger partial charge is 0.349 e. The number of anilines is 1. The molecule has 120 valence electrons. The van der Waals surface area contributed by atoms with Crippen molar-refractivity contribution in [3.8, 4) is 0 Å². The average Bonchev–Trinajstić information content (AvgIpc) is 2.50. The van der Waals surface area contributed by atoms with Crippen LogP contribution in [0.25, 0.3) is 0 Å². The lowest BCUT2D eigenvalue weighted by molar-refractivity contribution is 0.0938. The molecule has 2 N–H and O–H groups in total. The molecule has 2 rings (SSSR count). The summed E-state index contributed by atoms with van der Waals surface area (Å²) < 4.78 is 0. The molecule has 23 heavy (non-hydrogen) atoms. The molecule has 2 amide bonds. The summed E-state index contributed by atoms with van der Waals surface area (Å²) >= 11 is 6.04. The molecule has 0 atom stereocenters. The van der Waals surface area contributed by atoms with Gasteiger partial charge in [0, 0.05) is 16.8 Å². The van der Waals surface area contributed by atoms with Gasteiger partial charge in [-0.15, -0.1) is 0 Å². The van der Waals surface area contributed by atoms with Crippen molar-refractivity contribution in [3.05, 3.63) is 58.4 Å². The summed E-state index contributed by atoms with van der Waals surface area (Å²) in [6.45, 7) is 5.59. The van der Waals surface area contributed by atoms with Crippen LogP contribution in [0.15, 0.2) is 36.4 Å². The topological polar surface area (TPSA) is 71.1 Å². The Morgan fingerprint density at radius 1 is 1.09 bits per heavy atom. The van der Waals surface area contributed by atoms with Gasteiger partial charge in [0.1, 0.15) is 11.4 Å². The second-order valence-corrected chi connectivity index (χ2v) is 5.86. The Morgan fingerprint density at radius 3 is 2.35 bits per heavy atom. The third-order valence-corrected chi connectivity index (χ3v) is 3.47. The van der Waals surface area contributed by atoms with Crippen LogP contribution in [0.4, 0.5) is 5.69 Å². The van der Waals surface area contributed by atoms with E-state index in [0.717, 1.165) is 5.56 Å². The number of aryl methyl sites for hydroxylation is 1. The molecular formula is C17H18ClN3O2. The summed E-state index contributed by atoms with van der Waals surface area (Å²) in [6.07, 6.45) is 0. The van der Waals surface area contributed by atoms with E-state index in [-0.39, 0.29) is 23.3 Å². The van der Waals surface area contributed by atoms with Crippen molar-refractivity contribution in [1.29, 1.82) is 0 Å². The van der Waals surface area contributed by atoms with E-state index in [1.54, 1.807) is 30.3 Å². The Morgan fingerprint density at radius 2 is 1.74 bits per heavy atom. The van der Waals surface area contributed by atoms with Gasteiger partial charge in [-0.3, -0.25) is 9.59 Å². The summed E-state index contributed by atoms with van der Waals surface area (Å²) in [5, 5.41) is 6.02. The lowest BCUT2D eigenvalue weighted by atomic mass is 10.2. The van der Waals surface area contributed by atoms with Gasteiger partial charge < -0.3 is 10.6 Å². The predicted molar refractivity (Wildman–Crippen MR) is 91.0 cm³/mol. The van der Waals surface area contributed by atoms with Gasteiger partial charge in [0.25, 0.3) is 11.8 Å². The van der Waals surface area contributed by atoms with Crippen LogP contribution in [-0.4, -0.2) is 22.8 Å². The number of amides is 2. The van der Waals surface area contributed by atoms with Gasteiger partial charge >= 0.3 is 0 Å². The molecule has 0 radical (unpaired) electrons. The fourth-order valence-electron chi connectivity index (χ4n) is 1.89. The minimum atomic E-state index is -0.399. The summed E-state index contributed by atoms with van der Waals surface area (Å²) in [6, 6.07) is 9.99. The highest BCUT2D eigenvalue weighted by Crippen LogP contribution is 2.20. The molecule has 1 aromatic heterocycles. The van der Waals surface area contributed by atoms with E-state index in [1.165, 1.54) is 0 Å². The number of carbonyl (C=O) groups is 2. The highest BCUT2D eigenvalue weighted by Gasteiger charge is 2.13. The predicted octanol–water partition coefficient (Wildman–Crippen LogP) is 3.43. The molecule has 0 fully saturated rings. The lowest BCUT2D eigenvalue weighted by Gasteiger charge is -2.09. The fourth-order valence-corrected chi connectivity index (χ4v) is 2.07. The first-order valence-electron chi connectivity index (χ1n) is 7.22. The van der Waals surface area contributed by atoms with E-state index in [4.69, 9.17) is 11.6 Å². The Labute approximate surface area is 140 Å². The zero-order valence-electron chi connectivity index (χ0n) is 13.2. The number of nitrogens with zero attached hydrogens (tertiary/aromatic N) is 1. The maximum atomic E-state index is 12.3. The molecule has 2 aromatic rings. The minimum absolute atomic E-state index is 0.00326. The molecule has 0 aliphatic carbocycles. The molecule has 0 spiro atoms. The van der Waals surface area contributed by atoms with E-state index in [9.17, 15) is 9.59 Å². The van der Waals surface area contributed by atoms with Gasteiger partial charge in [-0.1, -0.05) is 23.7 Å². The first kappa shape index (κ1) is 17.0. The van der Waals surface area contributed by atoms with Gasteiger partial charge in [-0.2, -0.15) is 0 Å². The minimum Gasteiger partial charge on any atom is -0.349 e. The lowest BCUT2D eigenvalue weighted by Crippen LogP contribution is -2.31. The molecule has 1 aromatic carbocycles. The quantitative estimate of drug-likeness (QED) is 0.901. The number of aromatic nitrogens is 1. The van der Waals surface area contributed by atoms with Crippen molar-refractivity contribution in [3.63, 3.8) is 0 Å². The number of nitrogens with one attached hydrogen (secondary N) is 2. The normalized spacial score (nSPS) is 10.5. The summed E-state index contributed by atoms with van der Waals surface area (Å²) in [4.78, 5) is 28.3. The number of carbonyl (C=O) groups excluding carboxylic acids is 2. The van der Waals surface area contributed by atoms with Gasteiger partial charge in [0.15, 0.2) is 0 Å². The summed E-state index contributed by atoms with van der Waals surface area (Å²) in [5.41, 5.74) is 1.87. The Bertz CT molecular complexity index is 744. The van der Waals surface area contributed by atoms with Crippen LogP contribution < -0.4 is 10.6 Å². The monoisotopic (exact) mass is 331 g/mol. The number of halogens is 1. The SMILES string of the molecule is Cc1ccc(NC(=O)c2cccc(C(=O)NC(C)C)n2)cc1Cl. The van der Waals surface area contributed by atoms with Crippen molar-refractivity contribution in [1.82, 2.24) is 10.3 Å². The van der Waals surface area contributed by atoms with E-state index in [2.05, 4.69) is 15.6 Å². The first-order valence-corrected chi connectivity index (χ1v) is 7.60. The third-order valence-electron chi connectivity index (χ3n) is 3.06. The van der Waals surface area contributed by atoms with E-state index in [1.807, 2.05) is 26.8 Å². The number of hydrogen-bond donors (Lipinski definition) is 2. The van der Waals surface area contributed by atoms with E-state index < -0.39 is 5.91 Å². The molecule has 0 aliphatic rings. The van der Waals surface area contributed by atoms with Crippen LogP contribution in [0.2, 0.25) is 5.02 Å². The van der Waals surface area contributed by atoms with Crippen molar-refractivity contribution in [2.45, 2.75) is 26.8 Å². The maximum absolute atomic E-state index is 12.3. The zero-order valence-corrected chi connectivity index (χ0v) is 13.9. The van der Waals surface area contributed by atoms with Crippen molar-refractivity contribution in [2.75, 3.05) is 5.32 Å². The summed E-state index contributed by atoms with van der Waals surface area (Å²) in [5.74, 6) is -0.711. The Hall–Kier alpha value is -2.40. The first-order chi connectivity index (χ1) is 10.9. The van der Waals surface area contributed by atoms with Gasteiger partial charge in [-0.25, -0.2) is 4.98 Å². The third kappa shape index (κ3) is 4.53.